The number of pyridine rings is 1. The van der Waals surface area contributed by atoms with Gasteiger partial charge in [-0.3, -0.25) is 9.78 Å². The van der Waals surface area contributed by atoms with E-state index in [4.69, 9.17) is 34.8 Å². The van der Waals surface area contributed by atoms with Crippen LogP contribution in [0.3, 0.4) is 0 Å². The molecule has 0 saturated carbocycles. The molecule has 2 aromatic rings. The Morgan fingerprint density at radius 2 is 1.78 bits per heavy atom. The first-order valence-corrected chi connectivity index (χ1v) is 5.92. The molecule has 0 bridgehead atoms. The standard InChI is InChI=1S/C12H5Cl3FNO/c13-8-4-10(15)9(14)3-7(8)12-11(16)6(5-18)1-2-17-12/h1-5H. The summed E-state index contributed by atoms with van der Waals surface area (Å²) in [7, 11) is 0. The maximum Gasteiger partial charge on any atom is 0.160 e. The van der Waals surface area contributed by atoms with Crippen LogP contribution in [0.2, 0.25) is 15.1 Å². The molecule has 0 aliphatic rings. The maximum atomic E-state index is 13.9. The maximum absolute atomic E-state index is 13.9. The molecule has 0 fully saturated rings. The Bertz CT molecular complexity index is 631. The fraction of sp³-hybridized carbons (Fsp3) is 0. The van der Waals surface area contributed by atoms with Gasteiger partial charge in [0.25, 0.3) is 0 Å². The molecular formula is C12H5Cl3FNO. The van der Waals surface area contributed by atoms with Gasteiger partial charge in [-0.1, -0.05) is 34.8 Å². The van der Waals surface area contributed by atoms with E-state index in [1.54, 1.807) is 0 Å². The zero-order chi connectivity index (χ0) is 13.3. The van der Waals surface area contributed by atoms with Crippen molar-refractivity contribution in [1.29, 1.82) is 0 Å². The molecule has 0 atom stereocenters. The number of aromatic nitrogens is 1. The molecule has 0 radical (unpaired) electrons. The van der Waals surface area contributed by atoms with Crippen molar-refractivity contribution >= 4 is 41.1 Å². The van der Waals surface area contributed by atoms with Crippen LogP contribution in [0.5, 0.6) is 0 Å². The molecular weight excluding hydrogens is 299 g/mol. The van der Waals surface area contributed by atoms with Crippen LogP contribution in [0.15, 0.2) is 24.4 Å². The predicted octanol–water partition coefficient (Wildman–Crippen LogP) is 4.66. The Labute approximate surface area is 117 Å². The average Bonchev–Trinajstić information content (AvgIpc) is 2.34. The predicted molar refractivity (Wildman–Crippen MR) is 70.0 cm³/mol. The SMILES string of the molecule is O=Cc1ccnc(-c2cc(Cl)c(Cl)cc2Cl)c1F. The molecule has 18 heavy (non-hydrogen) atoms. The molecule has 0 aliphatic heterocycles. The summed E-state index contributed by atoms with van der Waals surface area (Å²) in [6, 6.07) is 4.08. The molecule has 0 unspecified atom stereocenters. The number of carbonyl (C=O) groups excluding carboxylic acids is 1. The van der Waals surface area contributed by atoms with E-state index in [0.29, 0.717) is 6.29 Å². The van der Waals surface area contributed by atoms with E-state index in [1.807, 2.05) is 0 Å². The summed E-state index contributed by atoms with van der Waals surface area (Å²) < 4.78 is 13.9. The van der Waals surface area contributed by atoms with Gasteiger partial charge in [-0.05, 0) is 18.2 Å². The van der Waals surface area contributed by atoms with Crippen LogP contribution in [-0.4, -0.2) is 11.3 Å². The second kappa shape index (κ2) is 5.22. The molecule has 6 heteroatoms. The normalized spacial score (nSPS) is 10.4. The molecule has 1 aromatic carbocycles. The van der Waals surface area contributed by atoms with Gasteiger partial charge in [0.1, 0.15) is 5.69 Å². The number of aldehydes is 1. The van der Waals surface area contributed by atoms with Gasteiger partial charge in [0, 0.05) is 11.8 Å². The van der Waals surface area contributed by atoms with Crippen molar-refractivity contribution in [2.45, 2.75) is 0 Å². The molecule has 0 saturated heterocycles. The molecule has 2 rings (SSSR count). The summed E-state index contributed by atoms with van der Waals surface area (Å²) in [5.74, 6) is -0.743. The smallest absolute Gasteiger partial charge is 0.160 e. The second-order valence-electron chi connectivity index (χ2n) is 3.43. The number of rotatable bonds is 2. The van der Waals surface area contributed by atoms with Gasteiger partial charge in [-0.15, -0.1) is 0 Å². The van der Waals surface area contributed by atoms with Crippen LogP contribution in [0.4, 0.5) is 4.39 Å². The number of hydrogen-bond donors (Lipinski definition) is 0. The summed E-state index contributed by atoms with van der Waals surface area (Å²) in [5.41, 5.74) is 0.151. The van der Waals surface area contributed by atoms with Crippen molar-refractivity contribution in [3.63, 3.8) is 0 Å². The van der Waals surface area contributed by atoms with Gasteiger partial charge in [0.2, 0.25) is 0 Å². The van der Waals surface area contributed by atoms with E-state index in [0.717, 1.165) is 0 Å². The molecule has 0 aliphatic carbocycles. The van der Waals surface area contributed by atoms with Crippen molar-refractivity contribution in [2.24, 2.45) is 0 Å². The molecule has 1 heterocycles. The van der Waals surface area contributed by atoms with Crippen molar-refractivity contribution in [1.82, 2.24) is 4.98 Å². The van der Waals surface area contributed by atoms with Gasteiger partial charge in [0.05, 0.1) is 20.6 Å². The summed E-state index contributed by atoms with van der Waals surface area (Å²) in [5, 5.41) is 0.699. The molecule has 2 nitrogen and oxygen atoms in total. The monoisotopic (exact) mass is 303 g/mol. The highest BCUT2D eigenvalue weighted by molar-refractivity contribution is 6.44. The van der Waals surface area contributed by atoms with Gasteiger partial charge in [-0.25, -0.2) is 4.39 Å². The first-order valence-electron chi connectivity index (χ1n) is 4.79. The highest BCUT2D eigenvalue weighted by Gasteiger charge is 2.15. The summed E-state index contributed by atoms with van der Waals surface area (Å²) in [6.45, 7) is 0. The highest BCUT2D eigenvalue weighted by atomic mass is 35.5. The van der Waals surface area contributed by atoms with Crippen molar-refractivity contribution in [3.8, 4) is 11.3 Å². The van der Waals surface area contributed by atoms with Gasteiger partial charge in [-0.2, -0.15) is 0 Å². The Hall–Kier alpha value is -1.16. The summed E-state index contributed by atoms with van der Waals surface area (Å²) in [4.78, 5) is 14.5. The topological polar surface area (TPSA) is 30.0 Å². The minimum absolute atomic E-state index is 0.0387. The number of benzene rings is 1. The first-order chi connectivity index (χ1) is 8.54. The van der Waals surface area contributed by atoms with E-state index in [9.17, 15) is 9.18 Å². The highest BCUT2D eigenvalue weighted by Crippen LogP contribution is 2.35. The Morgan fingerprint density at radius 1 is 1.11 bits per heavy atom. The zero-order valence-corrected chi connectivity index (χ0v) is 11.0. The van der Waals surface area contributed by atoms with E-state index in [-0.39, 0.29) is 31.9 Å². The molecule has 0 amide bonds. The first kappa shape index (κ1) is 13.3. The zero-order valence-electron chi connectivity index (χ0n) is 8.75. The van der Waals surface area contributed by atoms with E-state index >= 15 is 0 Å². The minimum atomic E-state index is -0.743. The van der Waals surface area contributed by atoms with Gasteiger partial charge < -0.3 is 0 Å². The number of carbonyl (C=O) groups is 1. The van der Waals surface area contributed by atoms with Crippen molar-refractivity contribution in [2.75, 3.05) is 0 Å². The van der Waals surface area contributed by atoms with Crippen LogP contribution >= 0.6 is 34.8 Å². The van der Waals surface area contributed by atoms with Crippen molar-refractivity contribution in [3.05, 3.63) is 50.8 Å². The van der Waals surface area contributed by atoms with Crippen LogP contribution in [0.1, 0.15) is 10.4 Å². The number of halogens is 4. The van der Waals surface area contributed by atoms with Crippen LogP contribution < -0.4 is 0 Å². The Balaban J connectivity index is 2.69. The lowest BCUT2D eigenvalue weighted by Crippen LogP contribution is -1.95. The third-order valence-electron chi connectivity index (χ3n) is 2.31. The molecule has 1 aromatic heterocycles. The van der Waals surface area contributed by atoms with E-state index in [2.05, 4.69) is 4.98 Å². The summed E-state index contributed by atoms with van der Waals surface area (Å²) in [6.07, 6.45) is 1.73. The lowest BCUT2D eigenvalue weighted by molar-refractivity contribution is 0.111. The van der Waals surface area contributed by atoms with Crippen LogP contribution in [0.25, 0.3) is 11.3 Å². The quantitative estimate of drug-likeness (QED) is 0.596. The molecule has 0 spiro atoms. The third-order valence-corrected chi connectivity index (χ3v) is 3.35. The average molecular weight is 305 g/mol. The lowest BCUT2D eigenvalue weighted by Gasteiger charge is -2.07. The Kier molecular flexibility index (Phi) is 3.85. The second-order valence-corrected chi connectivity index (χ2v) is 4.65. The van der Waals surface area contributed by atoms with Crippen LogP contribution in [-0.2, 0) is 0 Å². The van der Waals surface area contributed by atoms with Crippen molar-refractivity contribution < 1.29 is 9.18 Å². The van der Waals surface area contributed by atoms with Gasteiger partial charge >= 0.3 is 0 Å². The summed E-state index contributed by atoms with van der Waals surface area (Å²) >= 11 is 17.6. The molecule has 0 N–H and O–H groups in total. The number of nitrogens with zero attached hydrogens (tertiary/aromatic N) is 1. The lowest BCUT2D eigenvalue weighted by atomic mass is 10.1. The Morgan fingerprint density at radius 3 is 2.44 bits per heavy atom. The fourth-order valence-electron chi connectivity index (χ4n) is 1.44. The fourth-order valence-corrected chi connectivity index (χ4v) is 2.08. The molecule has 92 valence electrons. The number of hydrogen-bond acceptors (Lipinski definition) is 2. The van der Waals surface area contributed by atoms with E-state index in [1.165, 1.54) is 24.4 Å². The van der Waals surface area contributed by atoms with Gasteiger partial charge in [0.15, 0.2) is 12.1 Å². The van der Waals surface area contributed by atoms with E-state index < -0.39 is 5.82 Å². The third kappa shape index (κ3) is 2.34. The largest absolute Gasteiger partial charge is 0.298 e. The van der Waals surface area contributed by atoms with Crippen LogP contribution in [0, 0.1) is 5.82 Å². The minimum Gasteiger partial charge on any atom is -0.298 e.